The summed E-state index contributed by atoms with van der Waals surface area (Å²) in [6.07, 6.45) is 3.14. The van der Waals surface area contributed by atoms with Crippen molar-refractivity contribution >= 4 is 44.7 Å². The van der Waals surface area contributed by atoms with Crippen molar-refractivity contribution in [3.05, 3.63) is 69.9 Å². The standard InChI is InChI=1S/C27H25N3O3S2/c1-33-19-5-2-4-16(13-19)20-10-11-34-25(20)27(32)30-18-9-8-17(12-18)23(30)14-28-26(31)21-6-3-7-22-24(21)35-15-29-22/h2-7,10-11,13,15,17-18,23H,8-9,12,14H2,1H3,(H,28,31)/t17-,18+,23+/m0/s1. The highest BCUT2D eigenvalue weighted by Gasteiger charge is 2.48. The lowest BCUT2D eigenvalue weighted by atomic mass is 9.97. The Bertz CT molecular complexity index is 1410. The Hall–Kier alpha value is -3.23. The number of thiazole rings is 1. The number of ether oxygens (including phenoxy) is 1. The molecule has 0 spiro atoms. The molecule has 2 fully saturated rings. The largest absolute Gasteiger partial charge is 0.497 e. The van der Waals surface area contributed by atoms with Crippen molar-refractivity contribution in [3.63, 3.8) is 0 Å². The number of carbonyl (C=O) groups is 2. The van der Waals surface area contributed by atoms with E-state index < -0.39 is 0 Å². The van der Waals surface area contributed by atoms with E-state index in [9.17, 15) is 9.59 Å². The van der Waals surface area contributed by atoms with Gasteiger partial charge < -0.3 is 15.0 Å². The lowest BCUT2D eigenvalue weighted by Gasteiger charge is -2.35. The Morgan fingerprint density at radius 2 is 2.03 bits per heavy atom. The third-order valence-corrected chi connectivity index (χ3v) is 9.07. The van der Waals surface area contributed by atoms with Crippen LogP contribution in [-0.4, -0.2) is 47.4 Å². The van der Waals surface area contributed by atoms with Crippen LogP contribution in [0.2, 0.25) is 0 Å². The lowest BCUT2D eigenvalue weighted by molar-refractivity contribution is 0.0587. The van der Waals surface area contributed by atoms with E-state index in [0.29, 0.717) is 18.0 Å². The Labute approximate surface area is 211 Å². The van der Waals surface area contributed by atoms with Gasteiger partial charge in [0, 0.05) is 18.2 Å². The van der Waals surface area contributed by atoms with Crippen LogP contribution >= 0.6 is 22.7 Å². The number of hydrogen-bond donors (Lipinski definition) is 1. The van der Waals surface area contributed by atoms with Gasteiger partial charge in [0.15, 0.2) is 0 Å². The van der Waals surface area contributed by atoms with Crippen LogP contribution in [0.1, 0.15) is 39.3 Å². The third-order valence-electron chi connectivity index (χ3n) is 7.29. The summed E-state index contributed by atoms with van der Waals surface area (Å²) >= 11 is 2.96. The average Bonchev–Trinajstić information content (AvgIpc) is 3.70. The van der Waals surface area contributed by atoms with Gasteiger partial charge in [0.25, 0.3) is 11.8 Å². The van der Waals surface area contributed by atoms with E-state index in [1.54, 1.807) is 12.6 Å². The van der Waals surface area contributed by atoms with Gasteiger partial charge in [0.05, 0.1) is 39.3 Å². The minimum atomic E-state index is -0.108. The number of nitrogens with one attached hydrogen (secondary N) is 1. The van der Waals surface area contributed by atoms with E-state index in [2.05, 4.69) is 15.2 Å². The molecule has 1 aliphatic carbocycles. The molecule has 1 saturated carbocycles. The van der Waals surface area contributed by atoms with Crippen molar-refractivity contribution < 1.29 is 14.3 Å². The number of likely N-dealkylation sites (tertiary alicyclic amines) is 1. The van der Waals surface area contributed by atoms with E-state index in [1.807, 2.05) is 53.9 Å². The summed E-state index contributed by atoms with van der Waals surface area (Å²) in [4.78, 5) is 34.1. The number of carbonyl (C=O) groups excluding carboxylic acids is 2. The van der Waals surface area contributed by atoms with Crippen LogP contribution in [0, 0.1) is 5.92 Å². The zero-order valence-corrected chi connectivity index (χ0v) is 20.9. The summed E-state index contributed by atoms with van der Waals surface area (Å²) in [5.41, 5.74) is 5.15. The van der Waals surface area contributed by atoms with Crippen molar-refractivity contribution in [1.82, 2.24) is 15.2 Å². The number of methoxy groups -OCH3 is 1. The summed E-state index contributed by atoms with van der Waals surface area (Å²) in [6, 6.07) is 15.7. The second kappa shape index (κ2) is 9.09. The molecule has 6 rings (SSSR count). The topological polar surface area (TPSA) is 71.5 Å². The zero-order chi connectivity index (χ0) is 23.9. The minimum absolute atomic E-state index is 0.00567. The molecule has 1 N–H and O–H groups in total. The first-order valence-electron chi connectivity index (χ1n) is 11.8. The number of hydrogen-bond acceptors (Lipinski definition) is 6. The van der Waals surface area contributed by atoms with Gasteiger partial charge in [-0.15, -0.1) is 22.7 Å². The second-order valence-corrected chi connectivity index (χ2v) is 10.9. The van der Waals surface area contributed by atoms with Gasteiger partial charge >= 0.3 is 0 Å². The van der Waals surface area contributed by atoms with Crippen molar-refractivity contribution in [2.45, 2.75) is 31.3 Å². The molecule has 8 heteroatoms. The van der Waals surface area contributed by atoms with Crippen LogP contribution in [0.3, 0.4) is 0 Å². The number of fused-ring (bicyclic) bond motifs is 3. The number of amides is 2. The van der Waals surface area contributed by atoms with Crippen LogP contribution in [0.15, 0.2) is 59.4 Å². The van der Waals surface area contributed by atoms with Gasteiger partial charge in [-0.25, -0.2) is 4.98 Å². The SMILES string of the molecule is COc1cccc(-c2ccsc2C(=O)N2[C@@H]3CC[C@@H](C3)[C@H]2CNC(=O)c2cccc3ncsc23)c1. The Balaban J connectivity index is 1.24. The van der Waals surface area contributed by atoms with Gasteiger partial charge in [-0.1, -0.05) is 18.2 Å². The third kappa shape index (κ3) is 3.90. The minimum Gasteiger partial charge on any atom is -0.497 e. The van der Waals surface area contributed by atoms with E-state index >= 15 is 0 Å². The van der Waals surface area contributed by atoms with Gasteiger partial charge in [-0.05, 0) is 66.5 Å². The van der Waals surface area contributed by atoms with Crippen LogP contribution in [0.25, 0.3) is 21.3 Å². The molecule has 2 aromatic heterocycles. The summed E-state index contributed by atoms with van der Waals surface area (Å²) < 4.78 is 6.28. The van der Waals surface area contributed by atoms with Crippen LogP contribution in [-0.2, 0) is 0 Å². The van der Waals surface area contributed by atoms with Crippen LogP contribution in [0.5, 0.6) is 5.75 Å². The lowest BCUT2D eigenvalue weighted by Crippen LogP contribution is -2.50. The predicted octanol–water partition coefficient (Wildman–Crippen LogP) is 5.46. The molecule has 1 aliphatic heterocycles. The molecule has 3 heterocycles. The molecule has 0 unspecified atom stereocenters. The maximum Gasteiger partial charge on any atom is 0.265 e. The fraction of sp³-hybridized carbons (Fsp3) is 0.296. The van der Waals surface area contributed by atoms with Gasteiger partial charge in [0.1, 0.15) is 5.75 Å². The number of thiophene rings is 1. The number of piperidine rings is 1. The number of benzene rings is 2. The van der Waals surface area contributed by atoms with Crippen LogP contribution < -0.4 is 10.1 Å². The van der Waals surface area contributed by atoms with Crippen LogP contribution in [0.4, 0.5) is 0 Å². The van der Waals surface area contributed by atoms with Crippen molar-refractivity contribution in [2.24, 2.45) is 5.92 Å². The van der Waals surface area contributed by atoms with Gasteiger partial charge in [0.2, 0.25) is 0 Å². The van der Waals surface area contributed by atoms with Crippen molar-refractivity contribution in [1.29, 1.82) is 0 Å². The predicted molar refractivity (Wildman–Crippen MR) is 139 cm³/mol. The fourth-order valence-corrected chi connectivity index (χ4v) is 7.30. The average molecular weight is 504 g/mol. The van der Waals surface area contributed by atoms with E-state index in [1.165, 1.54) is 22.7 Å². The number of aromatic nitrogens is 1. The molecular weight excluding hydrogens is 478 g/mol. The molecule has 2 amide bonds. The van der Waals surface area contributed by atoms with E-state index in [-0.39, 0.29) is 23.9 Å². The number of rotatable bonds is 6. The molecule has 35 heavy (non-hydrogen) atoms. The molecule has 3 atom stereocenters. The maximum absolute atomic E-state index is 13.9. The summed E-state index contributed by atoms with van der Waals surface area (Å²) in [5.74, 6) is 1.14. The van der Waals surface area contributed by atoms with E-state index in [0.717, 1.165) is 51.2 Å². The summed E-state index contributed by atoms with van der Waals surface area (Å²) in [5, 5.41) is 5.11. The van der Waals surface area contributed by atoms with Crippen molar-refractivity contribution in [3.8, 4) is 16.9 Å². The van der Waals surface area contributed by atoms with Gasteiger partial charge in [-0.2, -0.15) is 0 Å². The van der Waals surface area contributed by atoms with Crippen molar-refractivity contribution in [2.75, 3.05) is 13.7 Å². The zero-order valence-electron chi connectivity index (χ0n) is 19.3. The first kappa shape index (κ1) is 22.2. The number of nitrogens with zero attached hydrogens (tertiary/aromatic N) is 2. The molecule has 1 saturated heterocycles. The Kier molecular flexibility index (Phi) is 5.78. The first-order valence-corrected chi connectivity index (χ1v) is 13.5. The molecule has 0 radical (unpaired) electrons. The maximum atomic E-state index is 13.9. The highest BCUT2D eigenvalue weighted by molar-refractivity contribution is 7.17. The molecule has 2 aromatic carbocycles. The molecule has 6 nitrogen and oxygen atoms in total. The monoisotopic (exact) mass is 503 g/mol. The Morgan fingerprint density at radius 3 is 2.91 bits per heavy atom. The quantitative estimate of drug-likeness (QED) is 0.379. The highest BCUT2D eigenvalue weighted by atomic mass is 32.1. The summed E-state index contributed by atoms with van der Waals surface area (Å²) in [6.45, 7) is 0.459. The highest BCUT2D eigenvalue weighted by Crippen LogP contribution is 2.44. The smallest absolute Gasteiger partial charge is 0.265 e. The molecule has 2 bridgehead atoms. The fourth-order valence-electron chi connectivity index (χ4n) is 5.64. The van der Waals surface area contributed by atoms with Gasteiger partial charge in [-0.3, -0.25) is 9.59 Å². The molecule has 4 aromatic rings. The molecule has 2 aliphatic rings. The molecule has 178 valence electrons. The molecular formula is C27H25N3O3S2. The van der Waals surface area contributed by atoms with E-state index in [4.69, 9.17) is 4.74 Å². The Morgan fingerprint density at radius 1 is 1.14 bits per heavy atom. The second-order valence-electron chi connectivity index (χ2n) is 9.12. The first-order chi connectivity index (χ1) is 17.1. The normalized spacial score (nSPS) is 20.9. The summed E-state index contributed by atoms with van der Waals surface area (Å²) in [7, 11) is 1.65.